The van der Waals surface area contributed by atoms with Crippen molar-refractivity contribution in [3.05, 3.63) is 64.4 Å². The van der Waals surface area contributed by atoms with Crippen LogP contribution in [0.2, 0.25) is 0 Å². The Morgan fingerprint density at radius 3 is 2.48 bits per heavy atom. The summed E-state index contributed by atoms with van der Waals surface area (Å²) in [6.07, 6.45) is 1.76. The summed E-state index contributed by atoms with van der Waals surface area (Å²) >= 11 is 0. The highest BCUT2D eigenvalue weighted by atomic mass is 16.5. The number of hydrogen-bond acceptors (Lipinski definition) is 3. The summed E-state index contributed by atoms with van der Waals surface area (Å²) in [5, 5.41) is 0. The van der Waals surface area contributed by atoms with Crippen LogP contribution in [-0.4, -0.2) is 12.9 Å². The Labute approximate surface area is 123 Å². The zero-order chi connectivity index (χ0) is 15.0. The number of fused-ring (bicyclic) bond motifs is 1. The van der Waals surface area contributed by atoms with Gasteiger partial charge in [0.25, 0.3) is 0 Å². The van der Waals surface area contributed by atoms with E-state index in [0.29, 0.717) is 17.1 Å². The highest BCUT2D eigenvalue weighted by Crippen LogP contribution is 2.35. The third-order valence-electron chi connectivity index (χ3n) is 3.53. The molecule has 0 spiro atoms. The van der Waals surface area contributed by atoms with Crippen LogP contribution in [0.15, 0.2) is 42.2 Å². The Hall–Kier alpha value is -2.55. The number of methoxy groups -OCH3 is 1. The summed E-state index contributed by atoms with van der Waals surface area (Å²) in [4.78, 5) is 12.4. The van der Waals surface area contributed by atoms with Crippen LogP contribution in [0.1, 0.15) is 27.0 Å². The van der Waals surface area contributed by atoms with Crippen molar-refractivity contribution in [2.75, 3.05) is 7.11 Å². The monoisotopic (exact) mass is 280 g/mol. The van der Waals surface area contributed by atoms with E-state index in [-0.39, 0.29) is 5.78 Å². The minimum Gasteiger partial charge on any atom is -0.497 e. The molecule has 1 aliphatic heterocycles. The fraction of sp³-hybridized carbons (Fsp3) is 0.167. The number of carbonyl (C=O) groups excluding carboxylic acids is 1. The van der Waals surface area contributed by atoms with Crippen LogP contribution < -0.4 is 9.47 Å². The third-order valence-corrected chi connectivity index (χ3v) is 3.53. The lowest BCUT2D eigenvalue weighted by molar-refractivity contribution is 0.101. The normalized spacial score (nSPS) is 15.0. The number of carbonyl (C=O) groups is 1. The highest BCUT2D eigenvalue weighted by molar-refractivity contribution is 6.15. The first-order valence-electron chi connectivity index (χ1n) is 6.78. The number of hydrogen-bond donors (Lipinski definition) is 0. The molecule has 0 unspecified atom stereocenters. The fourth-order valence-electron chi connectivity index (χ4n) is 2.53. The number of aryl methyl sites for hydroxylation is 2. The molecule has 106 valence electrons. The van der Waals surface area contributed by atoms with Crippen molar-refractivity contribution < 1.29 is 14.3 Å². The Morgan fingerprint density at radius 1 is 1.10 bits per heavy atom. The van der Waals surface area contributed by atoms with Crippen LogP contribution in [0.25, 0.3) is 6.08 Å². The van der Waals surface area contributed by atoms with E-state index in [2.05, 4.69) is 0 Å². The zero-order valence-corrected chi connectivity index (χ0v) is 12.3. The SMILES string of the molecule is COc1ccc(/C=C2/Oc3cc(C)cc(C)c3C2=O)cc1. The summed E-state index contributed by atoms with van der Waals surface area (Å²) in [7, 11) is 1.62. The molecule has 0 bridgehead atoms. The first kappa shape index (κ1) is 13.4. The molecule has 0 N–H and O–H groups in total. The van der Waals surface area contributed by atoms with Crippen molar-refractivity contribution in [2.45, 2.75) is 13.8 Å². The summed E-state index contributed by atoms with van der Waals surface area (Å²) in [5.41, 5.74) is 3.61. The third kappa shape index (κ3) is 2.42. The molecule has 0 amide bonds. The van der Waals surface area contributed by atoms with Gasteiger partial charge in [-0.15, -0.1) is 0 Å². The lowest BCUT2D eigenvalue weighted by Gasteiger charge is -2.02. The molecular formula is C18H16O3. The first-order chi connectivity index (χ1) is 10.1. The van der Waals surface area contributed by atoms with E-state index >= 15 is 0 Å². The Balaban J connectivity index is 1.96. The standard InChI is InChI=1S/C18H16O3/c1-11-8-12(2)17-15(9-11)21-16(18(17)19)10-13-4-6-14(20-3)7-5-13/h4-10H,1-3H3/b16-10+. The van der Waals surface area contributed by atoms with E-state index in [0.717, 1.165) is 22.4 Å². The molecule has 0 saturated carbocycles. The van der Waals surface area contributed by atoms with E-state index in [1.807, 2.05) is 50.2 Å². The second kappa shape index (κ2) is 5.09. The minimum atomic E-state index is -0.0571. The Morgan fingerprint density at radius 2 is 1.81 bits per heavy atom. The number of ether oxygens (including phenoxy) is 2. The van der Waals surface area contributed by atoms with Gasteiger partial charge in [0.05, 0.1) is 12.7 Å². The fourth-order valence-corrected chi connectivity index (χ4v) is 2.53. The minimum absolute atomic E-state index is 0.0571. The number of ketones is 1. The first-order valence-corrected chi connectivity index (χ1v) is 6.78. The predicted molar refractivity (Wildman–Crippen MR) is 81.8 cm³/mol. The van der Waals surface area contributed by atoms with E-state index in [1.165, 1.54) is 0 Å². The smallest absolute Gasteiger partial charge is 0.232 e. The molecule has 0 saturated heterocycles. The Bertz CT molecular complexity index is 740. The van der Waals surface area contributed by atoms with Gasteiger partial charge in [0.2, 0.25) is 5.78 Å². The van der Waals surface area contributed by atoms with Crippen molar-refractivity contribution in [3.63, 3.8) is 0 Å². The van der Waals surface area contributed by atoms with Gasteiger partial charge in [0.1, 0.15) is 11.5 Å². The van der Waals surface area contributed by atoms with Crippen molar-refractivity contribution in [1.29, 1.82) is 0 Å². The molecule has 0 radical (unpaired) electrons. The van der Waals surface area contributed by atoms with Gasteiger partial charge in [-0.25, -0.2) is 0 Å². The molecule has 2 aromatic rings. The highest BCUT2D eigenvalue weighted by Gasteiger charge is 2.29. The van der Waals surface area contributed by atoms with Gasteiger partial charge >= 0.3 is 0 Å². The van der Waals surface area contributed by atoms with Crippen molar-refractivity contribution in [2.24, 2.45) is 0 Å². The molecule has 0 fully saturated rings. The maximum absolute atomic E-state index is 12.4. The second-order valence-electron chi connectivity index (χ2n) is 5.17. The van der Waals surface area contributed by atoms with E-state index in [1.54, 1.807) is 13.2 Å². The van der Waals surface area contributed by atoms with Crippen LogP contribution >= 0.6 is 0 Å². The summed E-state index contributed by atoms with van der Waals surface area (Å²) < 4.78 is 10.8. The van der Waals surface area contributed by atoms with Crippen molar-refractivity contribution in [3.8, 4) is 11.5 Å². The second-order valence-corrected chi connectivity index (χ2v) is 5.17. The van der Waals surface area contributed by atoms with E-state index in [4.69, 9.17) is 9.47 Å². The van der Waals surface area contributed by atoms with Crippen LogP contribution in [0.4, 0.5) is 0 Å². The lowest BCUT2D eigenvalue weighted by atomic mass is 10.0. The summed E-state index contributed by atoms with van der Waals surface area (Å²) in [5.74, 6) is 1.74. The van der Waals surface area contributed by atoms with Gasteiger partial charge in [-0.3, -0.25) is 4.79 Å². The average Bonchev–Trinajstić information content (AvgIpc) is 2.76. The summed E-state index contributed by atoms with van der Waals surface area (Å²) in [6, 6.07) is 11.4. The van der Waals surface area contributed by atoms with Crippen LogP contribution in [0, 0.1) is 13.8 Å². The number of rotatable bonds is 2. The van der Waals surface area contributed by atoms with E-state index in [9.17, 15) is 4.79 Å². The van der Waals surface area contributed by atoms with Crippen molar-refractivity contribution in [1.82, 2.24) is 0 Å². The van der Waals surface area contributed by atoms with Gasteiger partial charge in [-0.05, 0) is 54.8 Å². The number of Topliss-reactive ketones (excluding diaryl/α,β-unsaturated/α-hetero) is 1. The molecule has 1 aliphatic rings. The molecule has 0 atom stereocenters. The van der Waals surface area contributed by atoms with Crippen LogP contribution in [-0.2, 0) is 0 Å². The molecule has 21 heavy (non-hydrogen) atoms. The largest absolute Gasteiger partial charge is 0.497 e. The van der Waals surface area contributed by atoms with Crippen molar-refractivity contribution >= 4 is 11.9 Å². The van der Waals surface area contributed by atoms with E-state index < -0.39 is 0 Å². The van der Waals surface area contributed by atoms with Gasteiger partial charge < -0.3 is 9.47 Å². The maximum Gasteiger partial charge on any atom is 0.232 e. The van der Waals surface area contributed by atoms with Crippen LogP contribution in [0.3, 0.4) is 0 Å². The van der Waals surface area contributed by atoms with Crippen LogP contribution in [0.5, 0.6) is 11.5 Å². The molecule has 3 rings (SSSR count). The molecule has 2 aromatic carbocycles. The molecular weight excluding hydrogens is 264 g/mol. The lowest BCUT2D eigenvalue weighted by Crippen LogP contribution is -1.99. The number of benzene rings is 2. The molecule has 3 nitrogen and oxygen atoms in total. The molecule has 3 heteroatoms. The van der Waals surface area contributed by atoms with Gasteiger partial charge in [0, 0.05) is 0 Å². The molecule has 0 aliphatic carbocycles. The Kier molecular flexibility index (Phi) is 3.26. The zero-order valence-electron chi connectivity index (χ0n) is 12.3. The summed E-state index contributed by atoms with van der Waals surface area (Å²) in [6.45, 7) is 3.93. The molecule has 0 aromatic heterocycles. The quantitative estimate of drug-likeness (QED) is 0.782. The van der Waals surface area contributed by atoms with Gasteiger partial charge in [-0.2, -0.15) is 0 Å². The van der Waals surface area contributed by atoms with Gasteiger partial charge in [-0.1, -0.05) is 18.2 Å². The topological polar surface area (TPSA) is 35.5 Å². The van der Waals surface area contributed by atoms with Gasteiger partial charge in [0.15, 0.2) is 5.76 Å². The predicted octanol–water partition coefficient (Wildman–Crippen LogP) is 3.93. The molecule has 1 heterocycles. The number of allylic oxidation sites excluding steroid dienone is 1. The maximum atomic E-state index is 12.4. The average molecular weight is 280 g/mol.